The maximum Gasteiger partial charge on any atom is 0.247 e. The second-order valence-electron chi connectivity index (χ2n) is 11.5. The van der Waals surface area contributed by atoms with Gasteiger partial charge in [0.05, 0.1) is 25.8 Å². The predicted octanol–water partition coefficient (Wildman–Crippen LogP) is 4.50. The topological polar surface area (TPSA) is 102 Å². The van der Waals surface area contributed by atoms with Gasteiger partial charge in [0, 0.05) is 31.4 Å². The Kier molecular flexibility index (Phi) is 9.36. The number of nitrogens with zero attached hydrogens (tertiary/aromatic N) is 5. The van der Waals surface area contributed by atoms with E-state index in [9.17, 15) is 9.59 Å². The van der Waals surface area contributed by atoms with Crippen molar-refractivity contribution in [2.75, 3.05) is 38.3 Å². The van der Waals surface area contributed by atoms with Crippen LogP contribution in [0.4, 0.5) is 5.69 Å². The molecular formula is C34H40N6O4. The van der Waals surface area contributed by atoms with Gasteiger partial charge in [-0.05, 0) is 60.4 Å². The Hall–Kier alpha value is -4.44. The Morgan fingerprint density at radius 3 is 2.43 bits per heavy atom. The lowest BCUT2D eigenvalue weighted by atomic mass is 9.94. The number of hydrogen-bond acceptors (Lipinski definition) is 7. The van der Waals surface area contributed by atoms with E-state index < -0.39 is 6.04 Å². The third-order valence-electron chi connectivity index (χ3n) is 8.63. The Balaban J connectivity index is 1.35. The van der Waals surface area contributed by atoms with E-state index in [4.69, 9.17) is 9.47 Å². The van der Waals surface area contributed by atoms with Gasteiger partial charge in [-0.1, -0.05) is 60.9 Å². The molecule has 230 valence electrons. The summed E-state index contributed by atoms with van der Waals surface area (Å²) >= 11 is 0. The summed E-state index contributed by atoms with van der Waals surface area (Å²) < 4.78 is 12.5. The van der Waals surface area contributed by atoms with Gasteiger partial charge in [0.25, 0.3) is 0 Å². The van der Waals surface area contributed by atoms with Crippen LogP contribution in [0.25, 0.3) is 11.0 Å². The van der Waals surface area contributed by atoms with Crippen molar-refractivity contribution in [3.8, 4) is 5.75 Å². The first-order valence-electron chi connectivity index (χ1n) is 15.5. The van der Waals surface area contributed by atoms with Crippen LogP contribution in [0, 0.1) is 0 Å². The zero-order chi connectivity index (χ0) is 30.3. The van der Waals surface area contributed by atoms with Gasteiger partial charge >= 0.3 is 0 Å². The first kappa shape index (κ1) is 29.6. The van der Waals surface area contributed by atoms with Crippen LogP contribution in [0.5, 0.6) is 5.75 Å². The van der Waals surface area contributed by atoms with Crippen LogP contribution in [0.15, 0.2) is 72.8 Å². The van der Waals surface area contributed by atoms with Crippen molar-refractivity contribution in [3.05, 3.63) is 83.9 Å². The Morgan fingerprint density at radius 1 is 0.977 bits per heavy atom. The normalized spacial score (nSPS) is 16.4. The third-order valence-corrected chi connectivity index (χ3v) is 8.63. The molecule has 1 atom stereocenters. The Morgan fingerprint density at radius 2 is 1.70 bits per heavy atom. The van der Waals surface area contributed by atoms with Gasteiger partial charge in [-0.3, -0.25) is 9.59 Å². The number of fused-ring (bicyclic) bond motifs is 1. The largest absolute Gasteiger partial charge is 0.497 e. The van der Waals surface area contributed by atoms with Crippen molar-refractivity contribution >= 4 is 28.5 Å². The molecule has 10 heteroatoms. The molecule has 1 aromatic heterocycles. The number of nitrogens with one attached hydrogen (secondary N) is 1. The lowest BCUT2D eigenvalue weighted by Gasteiger charge is -2.34. The molecule has 2 heterocycles. The van der Waals surface area contributed by atoms with E-state index >= 15 is 0 Å². The van der Waals surface area contributed by atoms with Crippen molar-refractivity contribution in [2.24, 2.45) is 0 Å². The summed E-state index contributed by atoms with van der Waals surface area (Å²) in [6.45, 7) is 3.21. The number of amides is 2. The fourth-order valence-corrected chi connectivity index (χ4v) is 6.19. The second-order valence-corrected chi connectivity index (χ2v) is 11.5. The molecule has 2 aliphatic rings. The highest BCUT2D eigenvalue weighted by Gasteiger charge is 2.33. The van der Waals surface area contributed by atoms with Crippen molar-refractivity contribution in [3.63, 3.8) is 0 Å². The smallest absolute Gasteiger partial charge is 0.247 e. The lowest BCUT2D eigenvalue weighted by molar-refractivity contribution is -0.142. The molecule has 2 amide bonds. The molecule has 0 bridgehead atoms. The van der Waals surface area contributed by atoms with Crippen LogP contribution >= 0.6 is 0 Å². The number of methoxy groups -OCH3 is 1. The number of morpholine rings is 1. The summed E-state index contributed by atoms with van der Waals surface area (Å²) in [4.78, 5) is 32.5. The number of benzene rings is 3. The molecule has 0 spiro atoms. The number of rotatable bonds is 10. The van der Waals surface area contributed by atoms with Crippen LogP contribution in [0.1, 0.15) is 49.3 Å². The minimum Gasteiger partial charge on any atom is -0.497 e. The third kappa shape index (κ3) is 6.86. The molecule has 2 fully saturated rings. The molecule has 1 saturated heterocycles. The Bertz CT molecular complexity index is 1540. The van der Waals surface area contributed by atoms with Gasteiger partial charge in [0.2, 0.25) is 11.8 Å². The number of anilines is 1. The number of carbonyl (C=O) groups is 2. The molecule has 1 aliphatic heterocycles. The molecule has 3 aromatic carbocycles. The predicted molar refractivity (Wildman–Crippen MR) is 168 cm³/mol. The van der Waals surface area contributed by atoms with Crippen molar-refractivity contribution in [2.45, 2.75) is 57.3 Å². The van der Waals surface area contributed by atoms with E-state index in [0.29, 0.717) is 18.7 Å². The number of carbonyl (C=O) groups excluding carboxylic acids is 2. The highest BCUT2D eigenvalue weighted by atomic mass is 16.5. The molecular weight excluding hydrogens is 556 g/mol. The van der Waals surface area contributed by atoms with Crippen LogP contribution < -0.4 is 15.0 Å². The molecule has 1 N–H and O–H groups in total. The van der Waals surface area contributed by atoms with Gasteiger partial charge in [0.1, 0.15) is 23.9 Å². The van der Waals surface area contributed by atoms with E-state index in [2.05, 4.69) is 20.5 Å². The summed E-state index contributed by atoms with van der Waals surface area (Å²) in [5.74, 6) is 0.338. The van der Waals surface area contributed by atoms with Gasteiger partial charge < -0.3 is 24.6 Å². The first-order valence-corrected chi connectivity index (χ1v) is 15.5. The van der Waals surface area contributed by atoms with Crippen molar-refractivity contribution < 1.29 is 19.1 Å². The molecule has 1 unspecified atom stereocenters. The van der Waals surface area contributed by atoms with E-state index in [1.165, 1.54) is 6.42 Å². The van der Waals surface area contributed by atoms with Gasteiger partial charge in [-0.15, -0.1) is 5.10 Å². The second kappa shape index (κ2) is 13.9. The summed E-state index contributed by atoms with van der Waals surface area (Å²) in [5.41, 5.74) is 4.21. The number of ether oxygens (including phenoxy) is 2. The number of aromatic nitrogens is 3. The zero-order valence-corrected chi connectivity index (χ0v) is 25.2. The van der Waals surface area contributed by atoms with Gasteiger partial charge in [-0.25, -0.2) is 4.68 Å². The standard InChI is InChI=1S/C34H40N6O4/c1-43-29-17-11-25(12-18-29)23-39(32(41)24-40-31-10-6-5-9-30(31)36-37-40)33(34(42)35-27-7-3-2-4-8-27)26-13-15-28(16-14-26)38-19-21-44-22-20-38/h5-6,9-18,27,33H,2-4,7-8,19-24H2,1H3,(H,35,42). The summed E-state index contributed by atoms with van der Waals surface area (Å²) in [6, 6.07) is 22.5. The van der Waals surface area contributed by atoms with Crippen LogP contribution in [-0.4, -0.2) is 71.2 Å². The molecule has 0 radical (unpaired) electrons. The first-order chi connectivity index (χ1) is 21.6. The molecule has 44 heavy (non-hydrogen) atoms. The molecule has 1 saturated carbocycles. The minimum absolute atomic E-state index is 0.0459. The monoisotopic (exact) mass is 596 g/mol. The van der Waals surface area contributed by atoms with E-state index in [0.717, 1.165) is 66.9 Å². The quantitative estimate of drug-likeness (QED) is 0.288. The van der Waals surface area contributed by atoms with E-state index in [1.807, 2.05) is 72.8 Å². The maximum atomic E-state index is 14.3. The maximum absolute atomic E-state index is 14.3. The molecule has 1 aliphatic carbocycles. The lowest BCUT2D eigenvalue weighted by Crippen LogP contribution is -2.47. The molecule has 10 nitrogen and oxygen atoms in total. The Labute approximate surface area is 257 Å². The highest BCUT2D eigenvalue weighted by molar-refractivity contribution is 5.89. The summed E-state index contributed by atoms with van der Waals surface area (Å²) in [7, 11) is 1.62. The van der Waals surface area contributed by atoms with Crippen LogP contribution in [0.3, 0.4) is 0 Å². The van der Waals surface area contributed by atoms with Crippen molar-refractivity contribution in [1.29, 1.82) is 0 Å². The fraction of sp³-hybridized carbons (Fsp3) is 0.412. The van der Waals surface area contributed by atoms with E-state index in [1.54, 1.807) is 16.7 Å². The van der Waals surface area contributed by atoms with Crippen LogP contribution in [0.2, 0.25) is 0 Å². The van der Waals surface area contributed by atoms with Gasteiger partial charge in [-0.2, -0.15) is 0 Å². The summed E-state index contributed by atoms with van der Waals surface area (Å²) in [5, 5.41) is 11.8. The molecule has 4 aromatic rings. The minimum atomic E-state index is -0.833. The number of para-hydroxylation sites is 1. The SMILES string of the molecule is COc1ccc(CN(C(=O)Cn2nnc3ccccc32)C(C(=O)NC2CCCCC2)c2ccc(N3CCOCC3)cc2)cc1. The average Bonchev–Trinajstić information content (AvgIpc) is 3.48. The highest BCUT2D eigenvalue weighted by Crippen LogP contribution is 2.29. The van der Waals surface area contributed by atoms with Gasteiger partial charge in [0.15, 0.2) is 0 Å². The summed E-state index contributed by atoms with van der Waals surface area (Å²) in [6.07, 6.45) is 5.28. The zero-order valence-electron chi connectivity index (χ0n) is 25.2. The van der Waals surface area contributed by atoms with Crippen molar-refractivity contribution in [1.82, 2.24) is 25.2 Å². The average molecular weight is 597 g/mol. The fourth-order valence-electron chi connectivity index (χ4n) is 6.19. The number of hydrogen-bond donors (Lipinski definition) is 1. The van der Waals surface area contributed by atoms with Crippen LogP contribution in [-0.2, 0) is 27.4 Å². The molecule has 6 rings (SSSR count). The van der Waals surface area contributed by atoms with E-state index in [-0.39, 0.29) is 30.9 Å².